The first-order chi connectivity index (χ1) is 8.72. The molecule has 0 spiro atoms. The van der Waals surface area contributed by atoms with E-state index in [1.165, 1.54) is 11.8 Å². The number of para-hydroxylation sites is 1. The molecule has 0 radical (unpaired) electrons. The van der Waals surface area contributed by atoms with Crippen LogP contribution in [0.3, 0.4) is 0 Å². The zero-order chi connectivity index (χ0) is 12.7. The van der Waals surface area contributed by atoms with Gasteiger partial charge in [0.1, 0.15) is 10.8 Å². The SMILES string of the molecule is CCN1C(=O)CS/C1=C1/Oc2ccccc2C1=O. The van der Waals surface area contributed by atoms with Crippen molar-refractivity contribution < 1.29 is 14.3 Å². The number of ether oxygens (including phenoxy) is 1. The fourth-order valence-electron chi connectivity index (χ4n) is 2.07. The minimum atomic E-state index is -0.138. The van der Waals surface area contributed by atoms with Crippen molar-refractivity contribution in [3.63, 3.8) is 0 Å². The summed E-state index contributed by atoms with van der Waals surface area (Å²) in [5.74, 6) is 1.12. The molecule has 5 heteroatoms. The molecule has 0 atom stereocenters. The highest BCUT2D eigenvalue weighted by Gasteiger charge is 2.36. The summed E-state index contributed by atoms with van der Waals surface area (Å²) in [4.78, 5) is 25.5. The number of thioether (sulfide) groups is 1. The van der Waals surface area contributed by atoms with Crippen LogP contribution in [0.25, 0.3) is 0 Å². The van der Waals surface area contributed by atoms with E-state index in [-0.39, 0.29) is 17.4 Å². The standard InChI is InChI=1S/C13H11NO3S/c1-2-14-10(15)7-18-13(14)12-11(16)8-5-3-4-6-9(8)17-12/h3-6H,2,7H2,1H3/b13-12+. The van der Waals surface area contributed by atoms with Gasteiger partial charge in [0.25, 0.3) is 0 Å². The molecule has 0 aliphatic carbocycles. The van der Waals surface area contributed by atoms with Crippen LogP contribution in [0.1, 0.15) is 17.3 Å². The molecule has 1 amide bonds. The van der Waals surface area contributed by atoms with Gasteiger partial charge in [-0.05, 0) is 19.1 Å². The molecule has 0 bridgehead atoms. The van der Waals surface area contributed by atoms with Gasteiger partial charge in [0, 0.05) is 6.54 Å². The summed E-state index contributed by atoms with van der Waals surface area (Å²) in [5.41, 5.74) is 0.566. The van der Waals surface area contributed by atoms with Crippen molar-refractivity contribution in [3.05, 3.63) is 40.6 Å². The molecule has 18 heavy (non-hydrogen) atoms. The van der Waals surface area contributed by atoms with Gasteiger partial charge in [0.15, 0.2) is 0 Å². The van der Waals surface area contributed by atoms with E-state index < -0.39 is 0 Å². The molecule has 2 aliphatic heterocycles. The molecule has 3 rings (SSSR count). The second-order valence-electron chi connectivity index (χ2n) is 3.99. The van der Waals surface area contributed by atoms with Gasteiger partial charge in [0.2, 0.25) is 17.4 Å². The third-order valence-electron chi connectivity index (χ3n) is 2.94. The number of Topliss-reactive ketones (excluding diaryl/α,β-unsaturated/α-hetero) is 1. The van der Waals surface area contributed by atoms with Crippen LogP contribution >= 0.6 is 11.8 Å². The fourth-order valence-corrected chi connectivity index (χ4v) is 3.14. The average molecular weight is 261 g/mol. The lowest BCUT2D eigenvalue weighted by Crippen LogP contribution is -2.25. The van der Waals surface area contributed by atoms with Crippen LogP contribution in [0.2, 0.25) is 0 Å². The first kappa shape index (κ1) is 11.3. The largest absolute Gasteiger partial charge is 0.450 e. The Bertz CT molecular complexity index is 579. The Morgan fingerprint density at radius 2 is 2.11 bits per heavy atom. The molecular formula is C13H11NO3S. The number of ketones is 1. The molecule has 0 saturated carbocycles. The maximum atomic E-state index is 12.2. The Morgan fingerprint density at radius 1 is 1.33 bits per heavy atom. The number of allylic oxidation sites excluding steroid dienone is 1. The number of fused-ring (bicyclic) bond motifs is 1. The van der Waals surface area contributed by atoms with Gasteiger partial charge in [-0.2, -0.15) is 0 Å². The van der Waals surface area contributed by atoms with E-state index in [1.54, 1.807) is 23.1 Å². The number of carbonyl (C=O) groups is 2. The van der Waals surface area contributed by atoms with E-state index in [9.17, 15) is 9.59 Å². The molecule has 4 nitrogen and oxygen atoms in total. The van der Waals surface area contributed by atoms with Gasteiger partial charge in [-0.25, -0.2) is 0 Å². The lowest BCUT2D eigenvalue weighted by atomic mass is 10.1. The van der Waals surface area contributed by atoms with E-state index in [0.29, 0.717) is 28.6 Å². The van der Waals surface area contributed by atoms with Gasteiger partial charge < -0.3 is 9.64 Å². The second kappa shape index (κ2) is 4.17. The topological polar surface area (TPSA) is 46.6 Å². The molecule has 1 saturated heterocycles. The van der Waals surface area contributed by atoms with E-state index in [4.69, 9.17) is 4.74 Å². The molecule has 1 aromatic carbocycles. The average Bonchev–Trinajstić information content (AvgIpc) is 2.91. The lowest BCUT2D eigenvalue weighted by Gasteiger charge is -2.15. The van der Waals surface area contributed by atoms with E-state index >= 15 is 0 Å². The van der Waals surface area contributed by atoms with E-state index in [2.05, 4.69) is 0 Å². The van der Waals surface area contributed by atoms with Crippen LogP contribution in [-0.4, -0.2) is 28.9 Å². The van der Waals surface area contributed by atoms with Crippen molar-refractivity contribution in [2.45, 2.75) is 6.92 Å². The maximum Gasteiger partial charge on any atom is 0.237 e. The van der Waals surface area contributed by atoms with Gasteiger partial charge in [0.05, 0.1) is 11.3 Å². The minimum Gasteiger partial charge on any atom is -0.450 e. The van der Waals surface area contributed by atoms with E-state index in [1.807, 2.05) is 13.0 Å². The zero-order valence-corrected chi connectivity index (χ0v) is 10.6. The summed E-state index contributed by atoms with van der Waals surface area (Å²) in [6, 6.07) is 7.13. The van der Waals surface area contributed by atoms with Gasteiger partial charge >= 0.3 is 0 Å². The Labute approximate surface area is 109 Å². The molecule has 1 aromatic rings. The normalized spacial score (nSPS) is 22.4. The summed E-state index contributed by atoms with van der Waals surface area (Å²) in [6.45, 7) is 2.44. The number of carbonyl (C=O) groups excluding carboxylic acids is 2. The summed E-state index contributed by atoms with van der Waals surface area (Å²) >= 11 is 1.36. The van der Waals surface area contributed by atoms with Crippen LogP contribution in [0, 0.1) is 0 Å². The summed E-state index contributed by atoms with van der Waals surface area (Å²) < 4.78 is 5.60. The lowest BCUT2D eigenvalue weighted by molar-refractivity contribution is -0.125. The van der Waals surface area contributed by atoms with Crippen molar-refractivity contribution in [1.29, 1.82) is 0 Å². The minimum absolute atomic E-state index is 0.0253. The number of hydrogen-bond donors (Lipinski definition) is 0. The Kier molecular flexibility index (Phi) is 2.63. The highest BCUT2D eigenvalue weighted by Crippen LogP contribution is 2.38. The van der Waals surface area contributed by atoms with Crippen molar-refractivity contribution in [2.75, 3.05) is 12.3 Å². The third kappa shape index (κ3) is 1.54. The molecule has 1 fully saturated rings. The Hall–Kier alpha value is -1.75. The van der Waals surface area contributed by atoms with Crippen LogP contribution in [0.4, 0.5) is 0 Å². The molecule has 0 unspecified atom stereocenters. The maximum absolute atomic E-state index is 12.2. The third-order valence-corrected chi connectivity index (χ3v) is 4.01. The van der Waals surface area contributed by atoms with Gasteiger partial charge in [-0.1, -0.05) is 23.9 Å². The van der Waals surface area contributed by atoms with E-state index in [0.717, 1.165) is 0 Å². The van der Waals surface area contributed by atoms with Crippen molar-refractivity contribution in [3.8, 4) is 5.75 Å². The number of rotatable bonds is 1. The quantitative estimate of drug-likeness (QED) is 0.726. The fraction of sp³-hybridized carbons (Fsp3) is 0.231. The van der Waals surface area contributed by atoms with Crippen LogP contribution in [0.15, 0.2) is 35.1 Å². The summed E-state index contributed by atoms with van der Waals surface area (Å²) in [5, 5.41) is 0.642. The predicted octanol–water partition coefficient (Wildman–Crippen LogP) is 2.03. The zero-order valence-electron chi connectivity index (χ0n) is 9.80. The molecular weight excluding hydrogens is 250 g/mol. The van der Waals surface area contributed by atoms with Crippen LogP contribution in [-0.2, 0) is 4.79 Å². The van der Waals surface area contributed by atoms with Crippen LogP contribution < -0.4 is 4.74 Å². The monoisotopic (exact) mass is 261 g/mol. The van der Waals surface area contributed by atoms with Crippen molar-refractivity contribution in [1.82, 2.24) is 4.90 Å². The Morgan fingerprint density at radius 3 is 2.83 bits per heavy atom. The predicted molar refractivity (Wildman–Crippen MR) is 68.3 cm³/mol. The summed E-state index contributed by atoms with van der Waals surface area (Å²) in [7, 11) is 0. The number of benzene rings is 1. The highest BCUT2D eigenvalue weighted by atomic mass is 32.2. The Balaban J connectivity index is 2.06. The smallest absolute Gasteiger partial charge is 0.237 e. The summed E-state index contributed by atoms with van der Waals surface area (Å²) in [6.07, 6.45) is 0. The molecule has 92 valence electrons. The first-order valence-corrected chi connectivity index (χ1v) is 6.70. The van der Waals surface area contributed by atoms with Crippen molar-refractivity contribution >= 4 is 23.5 Å². The van der Waals surface area contributed by atoms with Gasteiger partial charge in [-0.15, -0.1) is 0 Å². The molecule has 0 N–H and O–H groups in total. The first-order valence-electron chi connectivity index (χ1n) is 5.71. The molecule has 2 aliphatic rings. The van der Waals surface area contributed by atoms with Crippen LogP contribution in [0.5, 0.6) is 5.75 Å². The number of amides is 1. The van der Waals surface area contributed by atoms with Crippen molar-refractivity contribution in [2.24, 2.45) is 0 Å². The second-order valence-corrected chi connectivity index (χ2v) is 4.95. The number of hydrogen-bond acceptors (Lipinski definition) is 4. The molecule has 2 heterocycles. The van der Waals surface area contributed by atoms with Gasteiger partial charge in [-0.3, -0.25) is 9.59 Å². The molecule has 0 aromatic heterocycles. The highest BCUT2D eigenvalue weighted by molar-refractivity contribution is 8.04. The number of nitrogens with zero attached hydrogens (tertiary/aromatic N) is 1.